The monoisotopic (exact) mass is 1790 g/mol. The molecule has 0 aromatic carbocycles. The van der Waals surface area contributed by atoms with Crippen LogP contribution in [-0.4, -0.2) is 113 Å². The van der Waals surface area contributed by atoms with Crippen molar-refractivity contribution in [3.63, 3.8) is 0 Å². The van der Waals surface area contributed by atoms with Crippen molar-refractivity contribution in [2.24, 2.45) is 173 Å². The van der Waals surface area contributed by atoms with E-state index in [9.17, 15) is 5.11 Å². The number of nitrogens with zero attached hydrogens (tertiary/aromatic N) is 7. The number of hydrogen-bond acceptors (Lipinski definition) is 13. The van der Waals surface area contributed by atoms with Crippen LogP contribution in [0.5, 0.6) is 11.5 Å². The SMILES string of the molecule is COc1cncc(C2=CC[C@H]3[C@@H]4CC[C@H]5CCOCC[C@]5(C)[C@H]4CC[C@]23C)c1.COc1cncc(C2=CC[C@H]3[C@@H]4CC[C@H]5COCCC[C@]5(C)[C@H]4CC[C@]23C)c1.C[C@]12CC(O)C[C@@H]1CC[C@@H]1[C@@H]2CC[C@]2(C)C(n3ccnn3)=CC[C@@H]12.C[C@]12CCCOC[C@@H]1CC[C@@H]1[C@@H]2CC[C@]2(C)C(c3cccnc3)=CC[C@@H]12.C[C@]12CCOCC[C@@H]1CC[C@@H]1[C@@H]2CC[C@]2(C)C(c3cccnc3)=CC[C@@H]12. The third-order valence-electron chi connectivity index (χ3n) is 45.0. The van der Waals surface area contributed by atoms with Crippen LogP contribution in [0.2, 0.25) is 0 Å². The van der Waals surface area contributed by atoms with E-state index in [4.69, 9.17) is 28.4 Å². The summed E-state index contributed by atoms with van der Waals surface area (Å²) < 4.78 is 36.7. The molecular weight excluding hydrogens is 1630 g/mol. The van der Waals surface area contributed by atoms with Crippen molar-refractivity contribution in [1.29, 1.82) is 0 Å². The van der Waals surface area contributed by atoms with Crippen LogP contribution in [0.15, 0.2) is 129 Å². The predicted molar refractivity (Wildman–Crippen MR) is 528 cm³/mol. The fraction of sp³-hybridized carbons (Fsp3) is 0.729. The van der Waals surface area contributed by atoms with Crippen molar-refractivity contribution in [3.8, 4) is 11.5 Å². The lowest BCUT2D eigenvalue weighted by molar-refractivity contribution is -0.0885. The minimum Gasteiger partial charge on any atom is -0.495 e. The van der Waals surface area contributed by atoms with E-state index in [1.807, 2.05) is 48.1 Å². The first-order chi connectivity index (χ1) is 63.9. The quantitative estimate of drug-likeness (QED) is 0.164. The van der Waals surface area contributed by atoms with Gasteiger partial charge in [0, 0.05) is 101 Å². The van der Waals surface area contributed by atoms with E-state index in [2.05, 4.69) is 179 Å². The smallest absolute Gasteiger partial charge is 0.137 e. The zero-order chi connectivity index (χ0) is 90.8. The van der Waals surface area contributed by atoms with Crippen LogP contribution in [-0.2, 0) is 18.9 Å². The van der Waals surface area contributed by atoms with Gasteiger partial charge in [0.15, 0.2) is 0 Å². The summed E-state index contributed by atoms with van der Waals surface area (Å²) in [5.41, 5.74) is 16.8. The number of rotatable bonds is 7. The number of ether oxygens (including phenoxy) is 6. The molecule has 11 saturated carbocycles. The molecule has 1 N–H and O–H groups in total. The van der Waals surface area contributed by atoms with Gasteiger partial charge in [-0.1, -0.05) is 117 Å². The summed E-state index contributed by atoms with van der Waals surface area (Å²) in [5, 5.41) is 18.6. The lowest BCUT2D eigenvalue weighted by Gasteiger charge is -2.58. The zero-order valence-corrected chi connectivity index (χ0v) is 83.2. The number of methoxy groups -OCH3 is 2. The van der Waals surface area contributed by atoms with Gasteiger partial charge in [0.2, 0.25) is 0 Å². The van der Waals surface area contributed by atoms with E-state index in [0.29, 0.717) is 48.7 Å². The summed E-state index contributed by atoms with van der Waals surface area (Å²) in [6, 6.07) is 13.1. The molecule has 0 radical (unpaired) electrons. The average Bonchev–Trinajstić information content (AvgIpc) is 1.50. The summed E-state index contributed by atoms with van der Waals surface area (Å²) in [7, 11) is 3.46. The molecule has 132 heavy (non-hydrogen) atoms. The second kappa shape index (κ2) is 36.6. The van der Waals surface area contributed by atoms with Gasteiger partial charge >= 0.3 is 0 Å². The topological polar surface area (TPSA) is 158 Å². The van der Waals surface area contributed by atoms with E-state index in [1.165, 1.54) is 251 Å². The Balaban J connectivity index is 0.0000000995. The Bertz CT molecular complexity index is 4800. The Kier molecular flexibility index (Phi) is 25.5. The zero-order valence-electron chi connectivity index (χ0n) is 83.2. The molecule has 9 heterocycles. The van der Waals surface area contributed by atoms with Gasteiger partial charge in [0.05, 0.1) is 45.1 Å². The molecule has 4 saturated heterocycles. The molecule has 5 aromatic heterocycles. The molecule has 31 atom stereocenters. The number of hydrogen-bond donors (Lipinski definition) is 1. The molecule has 20 aliphatic rings. The van der Waals surface area contributed by atoms with Crippen LogP contribution in [0.4, 0.5) is 0 Å². The van der Waals surface area contributed by atoms with Gasteiger partial charge in [-0.25, -0.2) is 4.68 Å². The van der Waals surface area contributed by atoms with E-state index in [1.54, 1.807) is 31.6 Å². The van der Waals surface area contributed by atoms with Crippen molar-refractivity contribution < 1.29 is 33.5 Å². The molecule has 15 fully saturated rings. The van der Waals surface area contributed by atoms with Crippen LogP contribution >= 0.6 is 0 Å². The van der Waals surface area contributed by atoms with Crippen molar-refractivity contribution in [1.82, 2.24) is 34.9 Å². The van der Waals surface area contributed by atoms with Crippen LogP contribution in [0.25, 0.3) is 28.0 Å². The van der Waals surface area contributed by atoms with Crippen LogP contribution < -0.4 is 9.47 Å². The van der Waals surface area contributed by atoms with E-state index in [-0.39, 0.29) is 11.5 Å². The van der Waals surface area contributed by atoms with E-state index in [0.717, 1.165) is 196 Å². The lowest BCUT2D eigenvalue weighted by atomic mass is 9.46. The summed E-state index contributed by atoms with van der Waals surface area (Å²) in [6.45, 7) is 33.5. The minimum absolute atomic E-state index is 0.0560. The number of pyridine rings is 4. The van der Waals surface area contributed by atoms with Gasteiger partial charge in [-0.2, -0.15) is 0 Å². The first kappa shape index (κ1) is 92.2. The van der Waals surface area contributed by atoms with Gasteiger partial charge < -0.3 is 33.5 Å². The Morgan fingerprint density at radius 1 is 0.341 bits per heavy atom. The van der Waals surface area contributed by atoms with Crippen molar-refractivity contribution in [3.05, 3.63) is 151 Å². The molecule has 714 valence electrons. The molecule has 14 heteroatoms. The van der Waals surface area contributed by atoms with Gasteiger partial charge in [-0.3, -0.25) is 19.9 Å². The van der Waals surface area contributed by atoms with Gasteiger partial charge in [-0.15, -0.1) is 5.10 Å². The maximum Gasteiger partial charge on any atom is 0.137 e. The molecule has 0 spiro atoms. The first-order valence-electron chi connectivity index (χ1n) is 54.1. The van der Waals surface area contributed by atoms with Gasteiger partial charge in [-0.05, 0) is 461 Å². The lowest BCUT2D eigenvalue weighted by Crippen LogP contribution is -2.51. The van der Waals surface area contributed by atoms with Gasteiger partial charge in [0.25, 0.3) is 0 Å². The molecule has 14 nitrogen and oxygen atoms in total. The Labute approximate surface area is 793 Å². The number of aliphatic hydroxyl groups is 1. The third-order valence-corrected chi connectivity index (χ3v) is 45.0. The molecule has 25 rings (SSSR count). The molecule has 0 bridgehead atoms. The highest BCUT2D eigenvalue weighted by Gasteiger charge is 2.65. The molecule has 0 amide bonds. The highest BCUT2D eigenvalue weighted by atomic mass is 16.5. The Morgan fingerprint density at radius 3 is 1.11 bits per heavy atom. The Morgan fingerprint density at radius 2 is 0.712 bits per heavy atom. The molecule has 1 unspecified atom stereocenters. The normalized spacial score (nSPS) is 44.9. The summed E-state index contributed by atoms with van der Waals surface area (Å²) in [4.78, 5) is 17.7. The second-order valence-electron chi connectivity index (χ2n) is 49.6. The average molecular weight is 1790 g/mol. The molecule has 16 aliphatic carbocycles. The predicted octanol–water partition coefficient (Wildman–Crippen LogP) is 26.7. The summed E-state index contributed by atoms with van der Waals surface area (Å²) in [5.74, 6) is 18.5. The number of aromatic nitrogens is 7. The fourth-order valence-electron chi connectivity index (χ4n) is 37.8. The highest BCUT2D eigenvalue weighted by molar-refractivity contribution is 5.76. The maximum atomic E-state index is 10.3. The number of aliphatic hydroxyl groups excluding tert-OH is 1. The van der Waals surface area contributed by atoms with Crippen LogP contribution in [0, 0.1) is 173 Å². The van der Waals surface area contributed by atoms with Crippen molar-refractivity contribution >= 4 is 28.0 Å². The molecule has 5 aromatic rings. The molecular formula is C118H165N7O7. The summed E-state index contributed by atoms with van der Waals surface area (Å²) >= 11 is 0. The Hall–Kier alpha value is -6.16. The highest BCUT2D eigenvalue weighted by Crippen LogP contribution is 2.74. The van der Waals surface area contributed by atoms with Gasteiger partial charge in [0.1, 0.15) is 11.5 Å². The standard InChI is InChI=1S/2C25H35NO2.2C24H33NO.C20H29N3O/c1-24-10-4-12-28-16-18(24)5-6-20-22-8-7-21(25(22,2)11-9-23(20)24)17-13-19(27-3)15-26-14-17;1-24-11-13-28-12-9-18(24)4-5-20-22-7-6-21(25(22,2)10-8-23(20)24)17-14-19(27-3)16-26-15-17;1-23-11-4-14-26-16-18(23)6-7-19-21-9-8-20(17-5-3-13-25-15-17)24(21,2)12-10-22(19)23;1-23-12-15-26-14-10-18(23)5-6-19-21-8-7-20(17-4-3-13-25-16-17)24(21,2)11-9-22(19)23;1-19-8-7-17-15(4-3-13-11-14(24)12-20(13,17)2)16(19)5-6-18(19)23-10-9-21-22-23/h7,13-15,18,20,22-23H,4-6,8-12,16H2,1-3H3;6,14-16,18,20,22-23H,4-5,7-13H2,1-3H3;3,5,8,13,15,18-19,21-22H,4,6-7,9-12,14,16H2,1-2H3;3-4,7,13,16,18-19,21-22H,5-6,8-12,14-15H2,1-2H3;6,9-10,13-17,24H,3-5,7-8,11-12H2,1-2H3/t2*18-,20-,22-,23-,24-,25+;2*18-,19-,21-,22-,23-,24+;13-,14?,15-,16-,17-,19-,20-/m00000/s1. The van der Waals surface area contributed by atoms with E-state index >= 15 is 0 Å². The third kappa shape index (κ3) is 15.6. The first-order valence-corrected chi connectivity index (χ1v) is 54.1. The van der Waals surface area contributed by atoms with Crippen molar-refractivity contribution in [2.75, 3.05) is 67.1 Å². The number of allylic oxidation sites excluding steroid dienone is 10. The fourth-order valence-corrected chi connectivity index (χ4v) is 37.8. The summed E-state index contributed by atoms with van der Waals surface area (Å²) in [6.07, 6.45) is 78.0. The van der Waals surface area contributed by atoms with Crippen LogP contribution in [0.1, 0.15) is 316 Å². The van der Waals surface area contributed by atoms with Crippen molar-refractivity contribution in [2.45, 2.75) is 300 Å². The largest absolute Gasteiger partial charge is 0.495 e. The van der Waals surface area contributed by atoms with E-state index < -0.39 is 0 Å². The minimum atomic E-state index is -0.0560. The maximum absolute atomic E-state index is 10.3. The second-order valence-corrected chi connectivity index (χ2v) is 49.6. The number of fused-ring (bicyclic) bond motifs is 25. The molecule has 4 aliphatic heterocycles. The van der Waals surface area contributed by atoms with Crippen LogP contribution in [0.3, 0.4) is 0 Å².